The van der Waals surface area contributed by atoms with Gasteiger partial charge in [0.25, 0.3) is 5.91 Å². The number of hydrogen-bond donors (Lipinski definition) is 1. The van der Waals surface area contributed by atoms with Gasteiger partial charge in [0.15, 0.2) is 0 Å². The Bertz CT molecular complexity index is 829. The Kier molecular flexibility index (Phi) is 4.97. The lowest BCUT2D eigenvalue weighted by molar-refractivity contribution is -0.137. The van der Waals surface area contributed by atoms with Crippen LogP contribution in [0.3, 0.4) is 0 Å². The molecule has 0 unspecified atom stereocenters. The van der Waals surface area contributed by atoms with E-state index in [9.17, 15) is 18.0 Å². The Balaban J connectivity index is 1.36. The second-order valence-electron chi connectivity index (χ2n) is 7.23. The van der Waals surface area contributed by atoms with Crippen LogP contribution in [0.2, 0.25) is 0 Å². The van der Waals surface area contributed by atoms with Gasteiger partial charge in [-0.2, -0.15) is 13.2 Å². The summed E-state index contributed by atoms with van der Waals surface area (Å²) < 4.78 is 43.1. The van der Waals surface area contributed by atoms with E-state index in [1.165, 1.54) is 0 Å². The van der Waals surface area contributed by atoms with Gasteiger partial charge in [0.1, 0.15) is 5.75 Å². The Morgan fingerprint density at radius 1 is 1.11 bits per heavy atom. The van der Waals surface area contributed by atoms with Crippen LogP contribution in [0.5, 0.6) is 11.6 Å². The molecule has 5 nitrogen and oxygen atoms in total. The maximum Gasteiger partial charge on any atom is 0.417 e. The maximum atomic E-state index is 12.6. The van der Waals surface area contributed by atoms with Crippen molar-refractivity contribution in [1.29, 1.82) is 0 Å². The zero-order chi connectivity index (χ0) is 19.7. The lowest BCUT2D eigenvalue weighted by Crippen LogP contribution is -2.57. The fourth-order valence-electron chi connectivity index (χ4n) is 3.78. The number of ether oxygens (including phenoxy) is 1. The van der Waals surface area contributed by atoms with Crippen LogP contribution in [0, 0.1) is 5.92 Å². The van der Waals surface area contributed by atoms with E-state index in [1.807, 2.05) is 0 Å². The smallest absolute Gasteiger partial charge is 0.417 e. The van der Waals surface area contributed by atoms with Crippen molar-refractivity contribution >= 4 is 5.91 Å². The molecule has 0 aliphatic carbocycles. The number of carbonyl (C=O) groups excluding carboxylic acids is 1. The molecule has 1 atom stereocenters. The number of rotatable bonds is 4. The first-order valence-electron chi connectivity index (χ1n) is 9.23. The fourth-order valence-corrected chi connectivity index (χ4v) is 3.78. The predicted molar refractivity (Wildman–Crippen MR) is 96.2 cm³/mol. The number of carbonyl (C=O) groups is 1. The third-order valence-corrected chi connectivity index (χ3v) is 5.38. The molecule has 3 aliphatic rings. The number of benzene rings is 1. The number of nitrogens with one attached hydrogen (secondary N) is 1. The molecule has 1 aromatic carbocycles. The number of fused-ring (bicyclic) bond motifs is 3. The molecule has 1 aromatic heterocycles. The molecule has 0 saturated carbocycles. The lowest BCUT2D eigenvalue weighted by Gasteiger charge is -2.44. The summed E-state index contributed by atoms with van der Waals surface area (Å²) in [6.07, 6.45) is -1.46. The van der Waals surface area contributed by atoms with Crippen molar-refractivity contribution in [2.45, 2.75) is 25.1 Å². The van der Waals surface area contributed by atoms with Crippen LogP contribution < -0.4 is 10.1 Å². The summed E-state index contributed by atoms with van der Waals surface area (Å²) in [5, 5.41) is 3.12. The minimum absolute atomic E-state index is 0.0532. The Hall–Kier alpha value is -2.61. The van der Waals surface area contributed by atoms with E-state index in [4.69, 9.17) is 4.74 Å². The van der Waals surface area contributed by atoms with Crippen molar-refractivity contribution in [3.8, 4) is 11.6 Å². The Morgan fingerprint density at radius 2 is 1.82 bits per heavy atom. The van der Waals surface area contributed by atoms with Crippen LogP contribution in [0.25, 0.3) is 0 Å². The number of nitrogens with zero attached hydrogens (tertiary/aromatic N) is 2. The van der Waals surface area contributed by atoms with Gasteiger partial charge < -0.3 is 15.0 Å². The number of piperidine rings is 3. The molecular weight excluding hydrogens is 371 g/mol. The summed E-state index contributed by atoms with van der Waals surface area (Å²) in [4.78, 5) is 18.5. The molecule has 8 heteroatoms. The van der Waals surface area contributed by atoms with Gasteiger partial charge in [0.2, 0.25) is 5.88 Å². The Labute approximate surface area is 160 Å². The predicted octanol–water partition coefficient (Wildman–Crippen LogP) is 3.72. The number of halogens is 3. The minimum Gasteiger partial charge on any atom is -0.439 e. The molecular formula is C20H20F3N3O2. The first-order valence-corrected chi connectivity index (χ1v) is 9.23. The fraction of sp³-hybridized carbons (Fsp3) is 0.400. The molecule has 148 valence electrons. The van der Waals surface area contributed by atoms with Crippen molar-refractivity contribution in [3.05, 3.63) is 53.7 Å². The second-order valence-corrected chi connectivity index (χ2v) is 7.23. The van der Waals surface area contributed by atoms with Crippen LogP contribution in [0.15, 0.2) is 42.6 Å². The summed E-state index contributed by atoms with van der Waals surface area (Å²) in [5.41, 5.74) is -0.316. The van der Waals surface area contributed by atoms with Gasteiger partial charge in [-0.25, -0.2) is 4.98 Å². The van der Waals surface area contributed by atoms with Gasteiger partial charge in [-0.15, -0.1) is 0 Å². The van der Waals surface area contributed by atoms with E-state index < -0.39 is 11.7 Å². The summed E-state index contributed by atoms with van der Waals surface area (Å²) in [6, 6.07) is 8.73. The van der Waals surface area contributed by atoms with Crippen molar-refractivity contribution in [2.75, 3.05) is 19.6 Å². The van der Waals surface area contributed by atoms with Crippen molar-refractivity contribution in [2.24, 2.45) is 5.92 Å². The van der Waals surface area contributed by atoms with E-state index in [1.54, 1.807) is 24.3 Å². The SMILES string of the molecule is O=C(N[C@H]1CN2CCC1CC2)c1ccc(Oc2ccc(C(F)(F)F)cn2)cc1. The quantitative estimate of drug-likeness (QED) is 0.863. The standard InChI is InChI=1S/C20H20F3N3O2/c21-20(22,23)15-3-6-18(24-11-15)28-16-4-1-14(2-5-16)19(27)25-17-12-26-9-7-13(17)8-10-26/h1-6,11,13,17H,7-10,12H2,(H,25,27)/t17-/m0/s1. The first-order chi connectivity index (χ1) is 13.4. The summed E-state index contributed by atoms with van der Waals surface area (Å²) in [5.74, 6) is 0.865. The molecule has 1 amide bonds. The molecule has 28 heavy (non-hydrogen) atoms. The molecule has 0 radical (unpaired) electrons. The lowest BCUT2D eigenvalue weighted by atomic mass is 9.84. The summed E-state index contributed by atoms with van der Waals surface area (Å²) in [6.45, 7) is 3.12. The summed E-state index contributed by atoms with van der Waals surface area (Å²) >= 11 is 0. The zero-order valence-corrected chi connectivity index (χ0v) is 15.1. The highest BCUT2D eigenvalue weighted by atomic mass is 19.4. The summed E-state index contributed by atoms with van der Waals surface area (Å²) in [7, 11) is 0. The van der Waals surface area contributed by atoms with Crippen molar-refractivity contribution < 1.29 is 22.7 Å². The maximum absolute atomic E-state index is 12.6. The minimum atomic E-state index is -4.44. The number of pyridine rings is 1. The van der Waals surface area contributed by atoms with Crippen LogP contribution in [-0.4, -0.2) is 41.5 Å². The van der Waals surface area contributed by atoms with Gasteiger partial charge in [0.05, 0.1) is 5.56 Å². The van der Waals surface area contributed by atoms with Gasteiger partial charge in [0, 0.05) is 30.4 Å². The van der Waals surface area contributed by atoms with E-state index >= 15 is 0 Å². The molecule has 3 aliphatic heterocycles. The van der Waals surface area contributed by atoms with Crippen LogP contribution in [0.1, 0.15) is 28.8 Å². The highest BCUT2D eigenvalue weighted by molar-refractivity contribution is 5.94. The number of alkyl halides is 3. The van der Waals surface area contributed by atoms with E-state index in [-0.39, 0.29) is 17.8 Å². The van der Waals surface area contributed by atoms with E-state index in [0.717, 1.165) is 50.8 Å². The third-order valence-electron chi connectivity index (χ3n) is 5.38. The highest BCUT2D eigenvalue weighted by Crippen LogP contribution is 2.30. The highest BCUT2D eigenvalue weighted by Gasteiger charge is 2.35. The van der Waals surface area contributed by atoms with Gasteiger partial charge in [-0.1, -0.05) is 0 Å². The van der Waals surface area contributed by atoms with Crippen molar-refractivity contribution in [1.82, 2.24) is 15.2 Å². The number of amides is 1. The molecule has 3 fully saturated rings. The van der Waals surface area contributed by atoms with Crippen LogP contribution in [0.4, 0.5) is 13.2 Å². The number of aromatic nitrogens is 1. The normalized spacial score (nSPS) is 24.0. The van der Waals surface area contributed by atoms with Gasteiger partial charge in [-0.3, -0.25) is 4.79 Å². The van der Waals surface area contributed by atoms with E-state index in [2.05, 4.69) is 15.2 Å². The largest absolute Gasteiger partial charge is 0.439 e. The van der Waals surface area contributed by atoms with Gasteiger partial charge in [-0.05, 0) is 62.2 Å². The van der Waals surface area contributed by atoms with E-state index in [0.29, 0.717) is 17.2 Å². The van der Waals surface area contributed by atoms with Crippen molar-refractivity contribution in [3.63, 3.8) is 0 Å². The third kappa shape index (κ3) is 4.11. The molecule has 4 heterocycles. The topological polar surface area (TPSA) is 54.5 Å². The Morgan fingerprint density at radius 3 is 2.36 bits per heavy atom. The average molecular weight is 391 g/mol. The zero-order valence-electron chi connectivity index (χ0n) is 15.1. The molecule has 2 bridgehead atoms. The first kappa shape index (κ1) is 18.7. The average Bonchev–Trinajstić information content (AvgIpc) is 2.69. The second kappa shape index (κ2) is 7.43. The van der Waals surface area contributed by atoms with Crippen LogP contribution >= 0.6 is 0 Å². The molecule has 5 rings (SSSR count). The monoisotopic (exact) mass is 391 g/mol. The molecule has 3 saturated heterocycles. The van der Waals surface area contributed by atoms with Crippen LogP contribution in [-0.2, 0) is 6.18 Å². The van der Waals surface area contributed by atoms with Gasteiger partial charge >= 0.3 is 6.18 Å². The number of hydrogen-bond acceptors (Lipinski definition) is 4. The molecule has 2 aromatic rings. The molecule has 1 N–H and O–H groups in total. The molecule has 0 spiro atoms.